The third-order valence-corrected chi connectivity index (χ3v) is 1.23. The van der Waals surface area contributed by atoms with Crippen LogP contribution in [0, 0.1) is 0 Å². The van der Waals surface area contributed by atoms with Crippen LogP contribution in [0.4, 0.5) is 4.79 Å². The molecule has 0 aliphatic carbocycles. The molecule has 0 heterocycles. The molecular formula is C7H14N2O3. The molecule has 0 atom stereocenters. The van der Waals surface area contributed by atoms with Crippen LogP contribution < -0.4 is 10.6 Å². The van der Waals surface area contributed by atoms with Crippen LogP contribution in [0.3, 0.4) is 0 Å². The molecule has 0 spiro atoms. The summed E-state index contributed by atoms with van der Waals surface area (Å²) in [6.45, 7) is 2.78. The first-order valence-electron chi connectivity index (χ1n) is 3.90. The van der Waals surface area contributed by atoms with Gasteiger partial charge < -0.3 is 15.7 Å². The summed E-state index contributed by atoms with van der Waals surface area (Å²) in [4.78, 5) is 20.8. The molecule has 0 aliphatic rings. The second-order valence-corrected chi connectivity index (χ2v) is 2.29. The van der Waals surface area contributed by atoms with Gasteiger partial charge in [-0.3, -0.25) is 4.79 Å². The van der Waals surface area contributed by atoms with Crippen molar-refractivity contribution in [3.05, 3.63) is 0 Å². The number of hydrogen-bond donors (Lipinski definition) is 3. The van der Waals surface area contributed by atoms with Crippen LogP contribution in [0.2, 0.25) is 0 Å². The fourth-order valence-corrected chi connectivity index (χ4v) is 0.730. The maximum absolute atomic E-state index is 10.8. The van der Waals surface area contributed by atoms with Gasteiger partial charge in [0.1, 0.15) is 0 Å². The van der Waals surface area contributed by atoms with Gasteiger partial charge in [-0.25, -0.2) is 4.79 Å². The summed E-state index contributed by atoms with van der Waals surface area (Å²) >= 11 is 0. The Hall–Kier alpha value is -1.26. The van der Waals surface area contributed by atoms with E-state index in [4.69, 9.17) is 5.11 Å². The van der Waals surface area contributed by atoms with Crippen LogP contribution in [-0.2, 0) is 4.79 Å². The van der Waals surface area contributed by atoms with E-state index in [-0.39, 0.29) is 5.91 Å². The lowest BCUT2D eigenvalue weighted by molar-refractivity contribution is -0.121. The number of hydrogen-bond acceptors (Lipinski definition) is 2. The summed E-state index contributed by atoms with van der Waals surface area (Å²) in [5, 5.41) is 13.0. The zero-order valence-electron chi connectivity index (χ0n) is 7.09. The predicted molar refractivity (Wildman–Crippen MR) is 43.9 cm³/mol. The van der Waals surface area contributed by atoms with Gasteiger partial charge in [0, 0.05) is 19.5 Å². The topological polar surface area (TPSA) is 78.4 Å². The monoisotopic (exact) mass is 174 g/mol. The van der Waals surface area contributed by atoms with Gasteiger partial charge in [0.2, 0.25) is 5.91 Å². The number of amides is 2. The van der Waals surface area contributed by atoms with Gasteiger partial charge in [-0.15, -0.1) is 0 Å². The lowest BCUT2D eigenvalue weighted by Gasteiger charge is -2.01. The summed E-state index contributed by atoms with van der Waals surface area (Å²) in [5.74, 6) is -0.0373. The standard InChI is InChI=1S/C7H14N2O3/c1-2-8-6(10)4-3-5-9-7(11)12/h9H,2-5H2,1H3,(H,8,10)(H,11,12). The molecule has 0 aromatic carbocycles. The van der Waals surface area contributed by atoms with E-state index in [1.807, 2.05) is 6.92 Å². The van der Waals surface area contributed by atoms with Crippen LogP contribution >= 0.6 is 0 Å². The van der Waals surface area contributed by atoms with Gasteiger partial charge in [-0.2, -0.15) is 0 Å². The minimum atomic E-state index is -1.05. The van der Waals surface area contributed by atoms with Crippen LogP contribution in [-0.4, -0.2) is 30.2 Å². The molecule has 0 radical (unpaired) electrons. The molecule has 0 aliphatic heterocycles. The normalized spacial score (nSPS) is 9.08. The van der Waals surface area contributed by atoms with Crippen molar-refractivity contribution >= 4 is 12.0 Å². The van der Waals surface area contributed by atoms with Crippen molar-refractivity contribution in [2.24, 2.45) is 0 Å². The highest BCUT2D eigenvalue weighted by Crippen LogP contribution is 1.86. The average Bonchev–Trinajstić information content (AvgIpc) is 1.98. The first-order chi connectivity index (χ1) is 5.66. The predicted octanol–water partition coefficient (Wildman–Crippen LogP) is 0.170. The summed E-state index contributed by atoms with van der Waals surface area (Å²) in [5.41, 5.74) is 0. The number of nitrogens with one attached hydrogen (secondary N) is 2. The first kappa shape index (κ1) is 10.7. The zero-order valence-corrected chi connectivity index (χ0v) is 7.09. The number of rotatable bonds is 5. The Balaban J connectivity index is 3.19. The zero-order chi connectivity index (χ0) is 9.40. The van der Waals surface area contributed by atoms with Crippen molar-refractivity contribution in [3.8, 4) is 0 Å². The molecule has 2 amide bonds. The second kappa shape index (κ2) is 6.45. The van der Waals surface area contributed by atoms with Crippen LogP contribution in [0.25, 0.3) is 0 Å². The maximum atomic E-state index is 10.8. The van der Waals surface area contributed by atoms with Crippen molar-refractivity contribution in [3.63, 3.8) is 0 Å². The maximum Gasteiger partial charge on any atom is 0.404 e. The largest absolute Gasteiger partial charge is 0.465 e. The molecule has 0 saturated heterocycles. The van der Waals surface area contributed by atoms with Crippen molar-refractivity contribution < 1.29 is 14.7 Å². The van der Waals surface area contributed by atoms with Gasteiger partial charge in [-0.05, 0) is 13.3 Å². The van der Waals surface area contributed by atoms with E-state index in [9.17, 15) is 9.59 Å². The summed E-state index contributed by atoms with van der Waals surface area (Å²) in [7, 11) is 0. The van der Waals surface area contributed by atoms with E-state index in [1.54, 1.807) is 0 Å². The minimum absolute atomic E-state index is 0.0373. The summed E-state index contributed by atoms with van der Waals surface area (Å²) in [6.07, 6.45) is -0.141. The highest BCUT2D eigenvalue weighted by atomic mass is 16.4. The highest BCUT2D eigenvalue weighted by molar-refractivity contribution is 5.75. The fraction of sp³-hybridized carbons (Fsp3) is 0.714. The van der Waals surface area contributed by atoms with Crippen molar-refractivity contribution in [1.29, 1.82) is 0 Å². The first-order valence-corrected chi connectivity index (χ1v) is 3.90. The molecule has 0 rings (SSSR count). The second-order valence-electron chi connectivity index (χ2n) is 2.29. The quantitative estimate of drug-likeness (QED) is 0.520. The fourth-order valence-electron chi connectivity index (χ4n) is 0.730. The smallest absolute Gasteiger partial charge is 0.404 e. The van der Waals surface area contributed by atoms with E-state index in [1.165, 1.54) is 0 Å². The SMILES string of the molecule is CCNC(=O)CCCNC(=O)O. The van der Waals surface area contributed by atoms with Gasteiger partial charge >= 0.3 is 6.09 Å². The highest BCUT2D eigenvalue weighted by Gasteiger charge is 1.99. The van der Waals surface area contributed by atoms with E-state index in [0.29, 0.717) is 25.9 Å². The molecule has 0 bridgehead atoms. The Bertz CT molecular complexity index is 159. The summed E-state index contributed by atoms with van der Waals surface area (Å²) in [6, 6.07) is 0. The molecule has 0 saturated carbocycles. The Morgan fingerprint density at radius 1 is 1.33 bits per heavy atom. The Morgan fingerprint density at radius 2 is 2.00 bits per heavy atom. The molecule has 70 valence electrons. The third-order valence-electron chi connectivity index (χ3n) is 1.23. The molecule has 5 nitrogen and oxygen atoms in total. The Labute approximate surface area is 71.1 Å². The van der Waals surface area contributed by atoms with Crippen LogP contribution in [0.1, 0.15) is 19.8 Å². The molecule has 0 aromatic rings. The van der Waals surface area contributed by atoms with Gasteiger partial charge in [0.15, 0.2) is 0 Å². The third kappa shape index (κ3) is 6.85. The number of carbonyl (C=O) groups excluding carboxylic acids is 1. The summed E-state index contributed by atoms with van der Waals surface area (Å²) < 4.78 is 0. The van der Waals surface area contributed by atoms with Crippen molar-refractivity contribution in [1.82, 2.24) is 10.6 Å². The molecule has 5 heteroatoms. The molecular weight excluding hydrogens is 160 g/mol. The lowest BCUT2D eigenvalue weighted by Crippen LogP contribution is -2.26. The number of carbonyl (C=O) groups is 2. The van der Waals surface area contributed by atoms with Crippen LogP contribution in [0.15, 0.2) is 0 Å². The molecule has 3 N–H and O–H groups in total. The molecule has 0 aromatic heterocycles. The Morgan fingerprint density at radius 3 is 2.50 bits per heavy atom. The van der Waals surface area contributed by atoms with E-state index >= 15 is 0 Å². The van der Waals surface area contributed by atoms with Gasteiger partial charge in [-0.1, -0.05) is 0 Å². The minimum Gasteiger partial charge on any atom is -0.465 e. The molecule has 12 heavy (non-hydrogen) atoms. The van der Waals surface area contributed by atoms with E-state index in [2.05, 4.69) is 10.6 Å². The lowest BCUT2D eigenvalue weighted by atomic mass is 10.3. The average molecular weight is 174 g/mol. The van der Waals surface area contributed by atoms with Crippen molar-refractivity contribution in [2.45, 2.75) is 19.8 Å². The van der Waals surface area contributed by atoms with E-state index < -0.39 is 6.09 Å². The van der Waals surface area contributed by atoms with Gasteiger partial charge in [0.25, 0.3) is 0 Å². The number of carboxylic acid groups (broad SMARTS) is 1. The molecule has 0 fully saturated rings. The van der Waals surface area contributed by atoms with E-state index in [0.717, 1.165) is 0 Å². The van der Waals surface area contributed by atoms with Crippen LogP contribution in [0.5, 0.6) is 0 Å². The molecule has 0 unspecified atom stereocenters. The van der Waals surface area contributed by atoms with Gasteiger partial charge in [0.05, 0.1) is 0 Å². The van der Waals surface area contributed by atoms with Crippen molar-refractivity contribution in [2.75, 3.05) is 13.1 Å². The Kier molecular flexibility index (Phi) is 5.77.